The third-order valence-electron chi connectivity index (χ3n) is 2.33. The minimum absolute atomic E-state index is 0.0207. The first-order valence-corrected chi connectivity index (χ1v) is 6.84. The van der Waals surface area contributed by atoms with Crippen LogP contribution in [0.3, 0.4) is 0 Å². The predicted molar refractivity (Wildman–Crippen MR) is 67.4 cm³/mol. The standard InChI is InChI=1S/C11H17N3O2S/c1-2-9(8-11(12)13)14-17(15,16)10-6-4-3-5-7-10/h3-7,9,14H,2,8H2,1H3,(H3,12,13). The van der Waals surface area contributed by atoms with Crippen molar-refractivity contribution in [2.75, 3.05) is 0 Å². The van der Waals surface area contributed by atoms with E-state index in [0.29, 0.717) is 6.42 Å². The highest BCUT2D eigenvalue weighted by molar-refractivity contribution is 7.89. The molecule has 17 heavy (non-hydrogen) atoms. The normalized spacial score (nSPS) is 13.2. The van der Waals surface area contributed by atoms with Crippen molar-refractivity contribution in [1.82, 2.24) is 4.72 Å². The maximum atomic E-state index is 12.0. The van der Waals surface area contributed by atoms with E-state index < -0.39 is 10.0 Å². The number of hydrogen-bond donors (Lipinski definition) is 3. The monoisotopic (exact) mass is 255 g/mol. The molecule has 1 rings (SSSR count). The van der Waals surface area contributed by atoms with E-state index >= 15 is 0 Å². The van der Waals surface area contributed by atoms with E-state index in [4.69, 9.17) is 11.1 Å². The van der Waals surface area contributed by atoms with Gasteiger partial charge in [0.25, 0.3) is 0 Å². The molecule has 94 valence electrons. The summed E-state index contributed by atoms with van der Waals surface area (Å²) in [6.07, 6.45) is 0.814. The van der Waals surface area contributed by atoms with Crippen molar-refractivity contribution in [2.24, 2.45) is 5.73 Å². The minimum atomic E-state index is -3.52. The fourth-order valence-corrected chi connectivity index (χ4v) is 2.76. The molecule has 1 aromatic carbocycles. The minimum Gasteiger partial charge on any atom is -0.388 e. The van der Waals surface area contributed by atoms with E-state index in [2.05, 4.69) is 4.72 Å². The van der Waals surface area contributed by atoms with Crippen LogP contribution in [0.15, 0.2) is 35.2 Å². The molecule has 1 aromatic rings. The first-order chi connectivity index (χ1) is 7.95. The first-order valence-electron chi connectivity index (χ1n) is 5.36. The maximum absolute atomic E-state index is 12.0. The van der Waals surface area contributed by atoms with E-state index in [1.54, 1.807) is 18.2 Å². The zero-order valence-electron chi connectivity index (χ0n) is 9.68. The van der Waals surface area contributed by atoms with Crippen LogP contribution in [0.4, 0.5) is 0 Å². The Morgan fingerprint density at radius 1 is 1.41 bits per heavy atom. The van der Waals surface area contributed by atoms with Crippen LogP contribution in [-0.2, 0) is 10.0 Å². The SMILES string of the molecule is CCC(CC(=N)N)NS(=O)(=O)c1ccccc1. The molecule has 0 amide bonds. The molecule has 4 N–H and O–H groups in total. The molecule has 1 atom stereocenters. The van der Waals surface area contributed by atoms with Crippen molar-refractivity contribution in [1.29, 1.82) is 5.41 Å². The van der Waals surface area contributed by atoms with E-state index in [1.165, 1.54) is 12.1 Å². The average Bonchev–Trinajstić information content (AvgIpc) is 2.28. The highest BCUT2D eigenvalue weighted by atomic mass is 32.2. The summed E-state index contributed by atoms with van der Waals surface area (Å²) in [4.78, 5) is 0.224. The Bertz CT molecular complexity index is 471. The van der Waals surface area contributed by atoms with Crippen LogP contribution < -0.4 is 10.5 Å². The predicted octanol–water partition coefficient (Wildman–Crippen LogP) is 1.07. The third-order valence-corrected chi connectivity index (χ3v) is 3.87. The van der Waals surface area contributed by atoms with Gasteiger partial charge >= 0.3 is 0 Å². The number of rotatable bonds is 6. The molecule has 0 bridgehead atoms. The molecule has 0 fully saturated rings. The summed E-state index contributed by atoms with van der Waals surface area (Å²) < 4.78 is 26.5. The van der Waals surface area contributed by atoms with Gasteiger partial charge in [-0.05, 0) is 18.6 Å². The molecule has 0 saturated heterocycles. The molecule has 6 heteroatoms. The lowest BCUT2D eigenvalue weighted by atomic mass is 10.1. The lowest BCUT2D eigenvalue weighted by molar-refractivity contribution is 0.545. The van der Waals surface area contributed by atoms with Gasteiger partial charge in [-0.25, -0.2) is 13.1 Å². The average molecular weight is 255 g/mol. The van der Waals surface area contributed by atoms with Crippen molar-refractivity contribution in [3.8, 4) is 0 Å². The van der Waals surface area contributed by atoms with Gasteiger partial charge in [-0.1, -0.05) is 25.1 Å². The molecule has 1 unspecified atom stereocenters. The Labute approximate surface area is 102 Å². The van der Waals surface area contributed by atoms with Crippen molar-refractivity contribution in [3.05, 3.63) is 30.3 Å². The summed E-state index contributed by atoms with van der Waals surface area (Å²) in [5.41, 5.74) is 5.27. The second kappa shape index (κ2) is 5.79. The van der Waals surface area contributed by atoms with Crippen LogP contribution in [0.1, 0.15) is 19.8 Å². The summed E-state index contributed by atoms with van der Waals surface area (Å²) in [5, 5.41) is 7.18. The molecule has 0 aliphatic rings. The molecule has 0 saturated carbocycles. The molecule has 5 nitrogen and oxygen atoms in total. The number of amidine groups is 1. The summed E-state index contributed by atoms with van der Waals surface area (Å²) in [6, 6.07) is 7.82. The van der Waals surface area contributed by atoms with Gasteiger partial charge in [-0.3, -0.25) is 5.41 Å². The van der Waals surface area contributed by atoms with Crippen LogP contribution in [0.2, 0.25) is 0 Å². The summed E-state index contributed by atoms with van der Waals surface area (Å²) in [6.45, 7) is 1.85. The lowest BCUT2D eigenvalue weighted by Crippen LogP contribution is -2.37. The fourth-order valence-electron chi connectivity index (χ4n) is 1.42. The Kier molecular flexibility index (Phi) is 4.65. The van der Waals surface area contributed by atoms with Crippen LogP contribution in [0.25, 0.3) is 0 Å². The van der Waals surface area contributed by atoms with Crippen molar-refractivity contribution >= 4 is 15.9 Å². The Hall–Kier alpha value is -1.40. The highest BCUT2D eigenvalue weighted by Crippen LogP contribution is 2.10. The van der Waals surface area contributed by atoms with Crippen molar-refractivity contribution < 1.29 is 8.42 Å². The van der Waals surface area contributed by atoms with Gasteiger partial charge in [-0.2, -0.15) is 0 Å². The van der Waals surface area contributed by atoms with Crippen molar-refractivity contribution in [2.45, 2.75) is 30.7 Å². The number of hydrogen-bond acceptors (Lipinski definition) is 3. The molecule has 0 spiro atoms. The molecule has 0 aromatic heterocycles. The second-order valence-electron chi connectivity index (χ2n) is 3.77. The second-order valence-corrected chi connectivity index (χ2v) is 5.48. The number of benzene rings is 1. The van der Waals surface area contributed by atoms with Crippen LogP contribution in [-0.4, -0.2) is 20.3 Å². The van der Waals surface area contributed by atoms with E-state index in [9.17, 15) is 8.42 Å². The zero-order valence-corrected chi connectivity index (χ0v) is 10.5. The van der Waals surface area contributed by atoms with Gasteiger partial charge in [0.05, 0.1) is 10.7 Å². The largest absolute Gasteiger partial charge is 0.388 e. The number of nitrogens with one attached hydrogen (secondary N) is 2. The zero-order chi connectivity index (χ0) is 12.9. The first kappa shape index (κ1) is 13.7. The van der Waals surface area contributed by atoms with Gasteiger partial charge in [-0.15, -0.1) is 0 Å². The Morgan fingerprint density at radius 3 is 2.47 bits per heavy atom. The summed E-state index contributed by atoms with van der Waals surface area (Å²) in [5.74, 6) is -0.0207. The Morgan fingerprint density at radius 2 is 2.00 bits per heavy atom. The topological polar surface area (TPSA) is 96.0 Å². The van der Waals surface area contributed by atoms with Crippen molar-refractivity contribution in [3.63, 3.8) is 0 Å². The Balaban J connectivity index is 2.82. The smallest absolute Gasteiger partial charge is 0.240 e. The van der Waals surface area contributed by atoms with Crippen LogP contribution in [0, 0.1) is 5.41 Å². The van der Waals surface area contributed by atoms with Gasteiger partial charge in [0, 0.05) is 12.5 Å². The lowest BCUT2D eigenvalue weighted by Gasteiger charge is -2.16. The molecule has 0 aliphatic heterocycles. The fraction of sp³-hybridized carbons (Fsp3) is 0.364. The van der Waals surface area contributed by atoms with Gasteiger partial charge in [0.2, 0.25) is 10.0 Å². The highest BCUT2D eigenvalue weighted by Gasteiger charge is 2.18. The van der Waals surface area contributed by atoms with E-state index in [-0.39, 0.29) is 23.2 Å². The van der Waals surface area contributed by atoms with Gasteiger partial charge in [0.1, 0.15) is 0 Å². The van der Waals surface area contributed by atoms with Gasteiger partial charge < -0.3 is 5.73 Å². The molecular formula is C11H17N3O2S. The molecule has 0 heterocycles. The van der Waals surface area contributed by atoms with E-state index in [1.807, 2.05) is 6.92 Å². The number of sulfonamides is 1. The molecule has 0 radical (unpaired) electrons. The van der Waals surface area contributed by atoms with Crippen LogP contribution in [0.5, 0.6) is 0 Å². The van der Waals surface area contributed by atoms with Gasteiger partial charge in [0.15, 0.2) is 0 Å². The van der Waals surface area contributed by atoms with E-state index in [0.717, 1.165) is 0 Å². The molecule has 0 aliphatic carbocycles. The molecular weight excluding hydrogens is 238 g/mol. The van der Waals surface area contributed by atoms with Crippen LogP contribution >= 0.6 is 0 Å². The number of nitrogens with two attached hydrogens (primary N) is 1. The summed E-state index contributed by atoms with van der Waals surface area (Å²) >= 11 is 0. The quantitative estimate of drug-likeness (QED) is 0.524. The maximum Gasteiger partial charge on any atom is 0.240 e. The third kappa shape index (κ3) is 4.16. The summed E-state index contributed by atoms with van der Waals surface area (Å²) in [7, 11) is -3.52.